The maximum absolute atomic E-state index is 10.8. The average molecular weight is 197 g/mol. The van der Waals surface area contributed by atoms with Crippen LogP contribution in [0, 0.1) is 5.92 Å². The third-order valence-electron chi connectivity index (χ3n) is 3.69. The summed E-state index contributed by atoms with van der Waals surface area (Å²) in [5.41, 5.74) is 0. The van der Waals surface area contributed by atoms with Gasteiger partial charge in [0.15, 0.2) is 0 Å². The van der Waals surface area contributed by atoms with Crippen LogP contribution >= 0.6 is 0 Å². The molecule has 0 aromatic carbocycles. The van der Waals surface area contributed by atoms with E-state index in [0.717, 1.165) is 13.1 Å². The van der Waals surface area contributed by atoms with Crippen LogP contribution in [0.2, 0.25) is 0 Å². The van der Waals surface area contributed by atoms with Crippen LogP contribution in [-0.2, 0) is 4.79 Å². The molecule has 0 amide bonds. The fraction of sp³-hybridized carbons (Fsp3) is 0.909. The van der Waals surface area contributed by atoms with Gasteiger partial charge in [-0.1, -0.05) is 6.42 Å². The van der Waals surface area contributed by atoms with Crippen LogP contribution in [0.25, 0.3) is 0 Å². The Bertz CT molecular complexity index is 207. The number of hydrogen-bond acceptors (Lipinski definition) is 2. The Labute approximate surface area is 85.1 Å². The van der Waals surface area contributed by atoms with Crippen molar-refractivity contribution in [3.8, 4) is 0 Å². The molecule has 3 heteroatoms. The van der Waals surface area contributed by atoms with E-state index >= 15 is 0 Å². The molecule has 2 aliphatic rings. The highest BCUT2D eigenvalue weighted by Gasteiger charge is 2.34. The van der Waals surface area contributed by atoms with E-state index in [2.05, 4.69) is 4.90 Å². The fourth-order valence-corrected chi connectivity index (χ4v) is 2.67. The smallest absolute Gasteiger partial charge is 0.304 e. The third kappa shape index (κ3) is 2.08. The number of nitrogens with zero attached hydrogens (tertiary/aromatic N) is 1. The number of aliphatic carboxylic acids is 1. The van der Waals surface area contributed by atoms with Crippen molar-refractivity contribution >= 4 is 5.97 Å². The fourth-order valence-electron chi connectivity index (χ4n) is 2.67. The Kier molecular flexibility index (Phi) is 3.06. The number of hydrogen-bond donors (Lipinski definition) is 1. The van der Waals surface area contributed by atoms with Gasteiger partial charge in [-0.05, 0) is 44.7 Å². The van der Waals surface area contributed by atoms with E-state index in [9.17, 15) is 4.79 Å². The predicted octanol–water partition coefficient (Wildman–Crippen LogP) is 1.73. The topological polar surface area (TPSA) is 40.5 Å². The molecule has 1 atom stereocenters. The maximum Gasteiger partial charge on any atom is 0.304 e. The summed E-state index contributed by atoms with van der Waals surface area (Å²) in [6, 6.07) is 0.337. The van der Waals surface area contributed by atoms with E-state index in [1.807, 2.05) is 0 Å². The molecule has 0 radical (unpaired) electrons. The van der Waals surface area contributed by atoms with Crippen molar-refractivity contribution in [3.63, 3.8) is 0 Å². The molecule has 2 rings (SSSR count). The Morgan fingerprint density at radius 1 is 1.29 bits per heavy atom. The lowest BCUT2D eigenvalue weighted by molar-refractivity contribution is -0.139. The molecule has 2 fully saturated rings. The molecular formula is C11H19NO2. The second kappa shape index (κ2) is 4.30. The molecule has 1 heterocycles. The molecule has 1 saturated heterocycles. The van der Waals surface area contributed by atoms with Crippen LogP contribution in [0.4, 0.5) is 0 Å². The van der Waals surface area contributed by atoms with Gasteiger partial charge in [-0.2, -0.15) is 0 Å². The molecule has 1 saturated carbocycles. The quantitative estimate of drug-likeness (QED) is 0.746. The van der Waals surface area contributed by atoms with Gasteiger partial charge in [0.05, 0.1) is 6.42 Å². The first-order valence-electron chi connectivity index (χ1n) is 5.73. The van der Waals surface area contributed by atoms with Crippen molar-refractivity contribution in [2.24, 2.45) is 5.92 Å². The first kappa shape index (κ1) is 9.97. The molecule has 1 aliphatic carbocycles. The number of carboxylic acid groups (broad SMARTS) is 1. The van der Waals surface area contributed by atoms with Crippen LogP contribution in [0.3, 0.4) is 0 Å². The second-order valence-corrected chi connectivity index (χ2v) is 4.60. The third-order valence-corrected chi connectivity index (χ3v) is 3.69. The van der Waals surface area contributed by atoms with E-state index < -0.39 is 5.97 Å². The van der Waals surface area contributed by atoms with Gasteiger partial charge in [-0.25, -0.2) is 0 Å². The average Bonchev–Trinajstić information content (AvgIpc) is 2.49. The Balaban J connectivity index is 1.93. The summed E-state index contributed by atoms with van der Waals surface area (Å²) in [7, 11) is 0. The molecule has 0 aromatic rings. The summed E-state index contributed by atoms with van der Waals surface area (Å²) in [5.74, 6) is 0.0398. The van der Waals surface area contributed by atoms with Crippen molar-refractivity contribution in [1.29, 1.82) is 0 Å². The van der Waals surface area contributed by atoms with E-state index in [1.165, 1.54) is 32.1 Å². The minimum Gasteiger partial charge on any atom is -0.481 e. The van der Waals surface area contributed by atoms with Crippen molar-refractivity contribution in [1.82, 2.24) is 4.90 Å². The SMILES string of the molecule is O=C(O)CC(C1CCC1)N1CCCC1. The molecule has 3 nitrogen and oxygen atoms in total. The summed E-state index contributed by atoms with van der Waals surface area (Å²) in [4.78, 5) is 13.2. The highest BCUT2D eigenvalue weighted by atomic mass is 16.4. The largest absolute Gasteiger partial charge is 0.481 e. The normalized spacial score (nSPS) is 26.0. The predicted molar refractivity (Wildman–Crippen MR) is 54.2 cm³/mol. The summed E-state index contributed by atoms with van der Waals surface area (Å²) in [6.07, 6.45) is 6.65. The second-order valence-electron chi connectivity index (χ2n) is 4.60. The number of likely N-dealkylation sites (tertiary alicyclic amines) is 1. The van der Waals surface area contributed by atoms with Gasteiger partial charge in [0.25, 0.3) is 0 Å². The zero-order valence-corrected chi connectivity index (χ0v) is 8.61. The van der Waals surface area contributed by atoms with Crippen molar-refractivity contribution in [2.75, 3.05) is 13.1 Å². The monoisotopic (exact) mass is 197 g/mol. The van der Waals surface area contributed by atoms with Crippen LogP contribution in [-0.4, -0.2) is 35.1 Å². The molecule has 14 heavy (non-hydrogen) atoms. The number of carbonyl (C=O) groups is 1. The zero-order valence-electron chi connectivity index (χ0n) is 8.61. The highest BCUT2D eigenvalue weighted by molar-refractivity contribution is 5.67. The van der Waals surface area contributed by atoms with Crippen molar-refractivity contribution < 1.29 is 9.90 Å². The van der Waals surface area contributed by atoms with Gasteiger partial charge in [-0.15, -0.1) is 0 Å². The van der Waals surface area contributed by atoms with Crippen molar-refractivity contribution in [3.05, 3.63) is 0 Å². The van der Waals surface area contributed by atoms with E-state index in [0.29, 0.717) is 18.4 Å². The van der Waals surface area contributed by atoms with Crippen LogP contribution in [0.1, 0.15) is 38.5 Å². The number of carboxylic acids is 1. The first-order chi connectivity index (χ1) is 6.77. The maximum atomic E-state index is 10.8. The minimum absolute atomic E-state index is 0.337. The van der Waals surface area contributed by atoms with Gasteiger partial charge in [0.1, 0.15) is 0 Å². The summed E-state index contributed by atoms with van der Waals surface area (Å²) < 4.78 is 0. The molecule has 1 N–H and O–H groups in total. The minimum atomic E-state index is -0.631. The van der Waals surface area contributed by atoms with Gasteiger partial charge >= 0.3 is 5.97 Å². The zero-order chi connectivity index (χ0) is 9.97. The molecular weight excluding hydrogens is 178 g/mol. The van der Waals surface area contributed by atoms with Gasteiger partial charge in [-0.3, -0.25) is 9.69 Å². The lowest BCUT2D eigenvalue weighted by Crippen LogP contribution is -2.42. The first-order valence-corrected chi connectivity index (χ1v) is 5.73. The Morgan fingerprint density at radius 2 is 1.93 bits per heavy atom. The van der Waals surface area contributed by atoms with Crippen LogP contribution in [0.15, 0.2) is 0 Å². The highest BCUT2D eigenvalue weighted by Crippen LogP contribution is 2.35. The molecule has 80 valence electrons. The number of rotatable bonds is 4. The molecule has 1 aliphatic heterocycles. The van der Waals surface area contributed by atoms with Crippen LogP contribution in [0.5, 0.6) is 0 Å². The summed E-state index contributed by atoms with van der Waals surface area (Å²) in [5, 5.41) is 8.89. The van der Waals surface area contributed by atoms with Gasteiger partial charge < -0.3 is 5.11 Å². The summed E-state index contributed by atoms with van der Waals surface area (Å²) in [6.45, 7) is 2.24. The lowest BCUT2D eigenvalue weighted by atomic mass is 9.78. The molecule has 0 spiro atoms. The Hall–Kier alpha value is -0.570. The van der Waals surface area contributed by atoms with E-state index in [1.54, 1.807) is 0 Å². The van der Waals surface area contributed by atoms with Crippen LogP contribution < -0.4 is 0 Å². The summed E-state index contributed by atoms with van der Waals surface area (Å²) >= 11 is 0. The van der Waals surface area contributed by atoms with Gasteiger partial charge in [0.2, 0.25) is 0 Å². The molecule has 0 aromatic heterocycles. The standard InChI is InChI=1S/C11H19NO2/c13-11(14)8-10(9-4-3-5-9)12-6-1-2-7-12/h9-10H,1-8H2,(H,13,14). The van der Waals surface area contributed by atoms with Gasteiger partial charge in [0, 0.05) is 6.04 Å². The lowest BCUT2D eigenvalue weighted by Gasteiger charge is -2.38. The van der Waals surface area contributed by atoms with E-state index in [4.69, 9.17) is 5.11 Å². The van der Waals surface area contributed by atoms with E-state index in [-0.39, 0.29) is 0 Å². The molecule has 1 unspecified atom stereocenters. The van der Waals surface area contributed by atoms with Crippen molar-refractivity contribution in [2.45, 2.75) is 44.6 Å². The Morgan fingerprint density at radius 3 is 2.36 bits per heavy atom. The molecule has 0 bridgehead atoms.